The Labute approximate surface area is 116 Å². The summed E-state index contributed by atoms with van der Waals surface area (Å²) in [5.74, 6) is 0. The van der Waals surface area contributed by atoms with Gasteiger partial charge in [0.2, 0.25) is 0 Å². The maximum Gasteiger partial charge on any atom is 0.0390 e. The first-order valence-electron chi connectivity index (χ1n) is 7.12. The molecule has 19 heavy (non-hydrogen) atoms. The van der Waals surface area contributed by atoms with Crippen molar-refractivity contribution >= 4 is 5.70 Å². The van der Waals surface area contributed by atoms with E-state index in [0.29, 0.717) is 0 Å². The van der Waals surface area contributed by atoms with Crippen LogP contribution in [0, 0.1) is 0 Å². The third-order valence-corrected chi connectivity index (χ3v) is 4.31. The van der Waals surface area contributed by atoms with Crippen molar-refractivity contribution in [2.24, 2.45) is 5.73 Å². The highest BCUT2D eigenvalue weighted by molar-refractivity contribution is 5.68. The van der Waals surface area contributed by atoms with Crippen molar-refractivity contribution in [1.29, 1.82) is 0 Å². The Morgan fingerprint density at radius 3 is 2.53 bits per heavy atom. The summed E-state index contributed by atoms with van der Waals surface area (Å²) in [5, 5.41) is 0. The Kier molecular flexibility index (Phi) is 4.26. The van der Waals surface area contributed by atoms with E-state index in [0.717, 1.165) is 25.0 Å². The second kappa shape index (κ2) is 5.92. The van der Waals surface area contributed by atoms with Crippen LogP contribution < -0.4 is 5.73 Å². The maximum atomic E-state index is 6.25. The first-order chi connectivity index (χ1) is 9.23. The summed E-state index contributed by atoms with van der Waals surface area (Å²) in [6, 6.07) is 8.57. The molecule has 1 nitrogen and oxygen atoms in total. The average molecular weight is 253 g/mol. The Morgan fingerprint density at radius 1 is 1.05 bits per heavy atom. The van der Waals surface area contributed by atoms with Gasteiger partial charge < -0.3 is 5.73 Å². The van der Waals surface area contributed by atoms with Gasteiger partial charge in [0.1, 0.15) is 0 Å². The van der Waals surface area contributed by atoms with Crippen LogP contribution in [0.15, 0.2) is 54.6 Å². The molecule has 0 saturated carbocycles. The van der Waals surface area contributed by atoms with Crippen molar-refractivity contribution in [2.75, 3.05) is 0 Å². The summed E-state index contributed by atoms with van der Waals surface area (Å²) in [4.78, 5) is 0. The molecular weight excluding hydrogens is 230 g/mol. The molecule has 0 radical (unpaired) electrons. The van der Waals surface area contributed by atoms with E-state index in [1.165, 1.54) is 11.1 Å². The summed E-state index contributed by atoms with van der Waals surface area (Å²) in [6.07, 6.45) is 13.8. The van der Waals surface area contributed by atoms with Crippen LogP contribution in [0.4, 0.5) is 0 Å². The van der Waals surface area contributed by atoms with Crippen LogP contribution in [0.2, 0.25) is 0 Å². The zero-order valence-corrected chi connectivity index (χ0v) is 11.9. The van der Waals surface area contributed by atoms with Crippen LogP contribution in [0.1, 0.15) is 44.2 Å². The molecule has 0 aliphatic heterocycles. The van der Waals surface area contributed by atoms with E-state index in [2.05, 4.69) is 56.3 Å². The average Bonchev–Trinajstić information content (AvgIpc) is 2.47. The number of nitrogens with two attached hydrogens (primary N) is 1. The molecule has 0 saturated heterocycles. The molecule has 0 fully saturated rings. The second-order valence-corrected chi connectivity index (χ2v) is 5.17. The fourth-order valence-corrected chi connectivity index (χ4v) is 2.91. The van der Waals surface area contributed by atoms with E-state index < -0.39 is 0 Å². The summed E-state index contributed by atoms with van der Waals surface area (Å²) < 4.78 is 0. The fourth-order valence-electron chi connectivity index (χ4n) is 2.91. The lowest BCUT2D eigenvalue weighted by Crippen LogP contribution is -2.26. The van der Waals surface area contributed by atoms with Gasteiger partial charge in [-0.15, -0.1) is 0 Å². The minimum absolute atomic E-state index is 0.191. The van der Waals surface area contributed by atoms with Crippen molar-refractivity contribution in [3.05, 3.63) is 65.8 Å². The first kappa shape index (κ1) is 13.7. The standard InChI is InChI=1S/C18H23N/c1-3-18(4-2)14-10-6-5-7-13-17(19)15-11-8-9-12-16(15)18/h5-13H,3-4,14,19H2,1-2H3/b7-5-,10-6+,17-13-. The number of allylic oxidation sites excluding steroid dienone is 5. The topological polar surface area (TPSA) is 26.0 Å². The molecule has 0 unspecified atom stereocenters. The highest BCUT2D eigenvalue weighted by Gasteiger charge is 2.29. The molecule has 1 aliphatic rings. The Morgan fingerprint density at radius 2 is 1.79 bits per heavy atom. The van der Waals surface area contributed by atoms with E-state index in [4.69, 9.17) is 5.73 Å². The number of benzene rings is 1. The van der Waals surface area contributed by atoms with Crippen molar-refractivity contribution in [2.45, 2.75) is 38.5 Å². The fraction of sp³-hybridized carbons (Fsp3) is 0.333. The van der Waals surface area contributed by atoms with E-state index in [1.807, 2.05) is 12.2 Å². The number of hydrogen-bond donors (Lipinski definition) is 1. The van der Waals surface area contributed by atoms with Crippen molar-refractivity contribution < 1.29 is 0 Å². The summed E-state index contributed by atoms with van der Waals surface area (Å²) >= 11 is 0. The van der Waals surface area contributed by atoms with E-state index in [9.17, 15) is 0 Å². The lowest BCUT2D eigenvalue weighted by molar-refractivity contribution is 0.399. The van der Waals surface area contributed by atoms with Crippen LogP contribution in [0.3, 0.4) is 0 Å². The molecule has 100 valence electrons. The van der Waals surface area contributed by atoms with Crippen molar-refractivity contribution in [3.8, 4) is 0 Å². The van der Waals surface area contributed by atoms with Crippen molar-refractivity contribution in [3.63, 3.8) is 0 Å². The Balaban J connectivity index is 2.65. The van der Waals surface area contributed by atoms with E-state index >= 15 is 0 Å². The molecule has 0 heterocycles. The first-order valence-corrected chi connectivity index (χ1v) is 7.12. The van der Waals surface area contributed by atoms with Crippen molar-refractivity contribution in [1.82, 2.24) is 0 Å². The van der Waals surface area contributed by atoms with Gasteiger partial charge in [-0.2, -0.15) is 0 Å². The number of rotatable bonds is 2. The minimum atomic E-state index is 0.191. The van der Waals surface area contributed by atoms with Gasteiger partial charge >= 0.3 is 0 Å². The van der Waals surface area contributed by atoms with E-state index in [-0.39, 0.29) is 5.41 Å². The molecule has 2 rings (SSSR count). The SMILES string of the molecule is CCC1(CC)C/C=C/C=C\C=C(/N)c2ccccc21. The van der Waals surface area contributed by atoms with Gasteiger partial charge in [0.25, 0.3) is 0 Å². The van der Waals surface area contributed by atoms with Gasteiger partial charge in [-0.05, 0) is 36.3 Å². The number of hydrogen-bond acceptors (Lipinski definition) is 1. The Bertz CT molecular complexity index is 516. The highest BCUT2D eigenvalue weighted by Crippen LogP contribution is 2.39. The maximum absolute atomic E-state index is 6.25. The van der Waals surface area contributed by atoms with Gasteiger partial charge in [-0.25, -0.2) is 0 Å². The van der Waals surface area contributed by atoms with Crippen LogP contribution in [0.5, 0.6) is 0 Å². The molecule has 0 amide bonds. The van der Waals surface area contributed by atoms with Crippen LogP contribution in [0.25, 0.3) is 5.70 Å². The molecule has 0 spiro atoms. The zero-order valence-electron chi connectivity index (χ0n) is 11.9. The molecule has 0 atom stereocenters. The third kappa shape index (κ3) is 2.65. The van der Waals surface area contributed by atoms with Gasteiger partial charge in [-0.3, -0.25) is 0 Å². The van der Waals surface area contributed by atoms with Gasteiger partial charge in [0, 0.05) is 11.3 Å². The molecule has 1 aliphatic carbocycles. The monoisotopic (exact) mass is 253 g/mol. The normalized spacial score (nSPS) is 23.8. The summed E-state index contributed by atoms with van der Waals surface area (Å²) in [6.45, 7) is 4.55. The quantitative estimate of drug-likeness (QED) is 0.821. The molecule has 0 aromatic heterocycles. The third-order valence-electron chi connectivity index (χ3n) is 4.31. The molecule has 0 bridgehead atoms. The predicted octanol–water partition coefficient (Wildman–Crippen LogP) is 4.56. The molecule has 1 aromatic carbocycles. The lowest BCUT2D eigenvalue weighted by Gasteiger charge is -2.33. The molecule has 1 aromatic rings. The van der Waals surface area contributed by atoms with Gasteiger partial charge in [0.15, 0.2) is 0 Å². The van der Waals surface area contributed by atoms with Crippen LogP contribution in [-0.4, -0.2) is 0 Å². The Hall–Kier alpha value is -1.76. The number of fused-ring (bicyclic) bond motifs is 1. The summed E-state index contributed by atoms with van der Waals surface area (Å²) in [7, 11) is 0. The molecule has 2 N–H and O–H groups in total. The van der Waals surface area contributed by atoms with E-state index in [1.54, 1.807) is 0 Å². The highest BCUT2D eigenvalue weighted by atomic mass is 14.6. The van der Waals surface area contributed by atoms with Gasteiger partial charge in [0.05, 0.1) is 0 Å². The largest absolute Gasteiger partial charge is 0.398 e. The lowest BCUT2D eigenvalue weighted by atomic mass is 9.71. The smallest absolute Gasteiger partial charge is 0.0390 e. The molecular formula is C18H23N. The van der Waals surface area contributed by atoms with Crippen LogP contribution >= 0.6 is 0 Å². The summed E-state index contributed by atoms with van der Waals surface area (Å²) in [5.41, 5.74) is 9.87. The van der Waals surface area contributed by atoms with Gasteiger partial charge in [-0.1, -0.05) is 62.4 Å². The second-order valence-electron chi connectivity index (χ2n) is 5.17. The molecule has 1 heteroatoms. The predicted molar refractivity (Wildman–Crippen MR) is 83.8 cm³/mol. The minimum Gasteiger partial charge on any atom is -0.398 e. The zero-order chi connectivity index (χ0) is 13.7. The van der Waals surface area contributed by atoms with Crippen LogP contribution in [-0.2, 0) is 5.41 Å².